The molecule has 0 bridgehead atoms. The number of hydrogen-bond acceptors (Lipinski definition) is 2. The van der Waals surface area contributed by atoms with Crippen LogP contribution in [0.5, 0.6) is 0 Å². The van der Waals surface area contributed by atoms with Crippen molar-refractivity contribution in [3.05, 3.63) is 65.2 Å². The van der Waals surface area contributed by atoms with Gasteiger partial charge in [0, 0.05) is 5.69 Å². The van der Waals surface area contributed by atoms with E-state index >= 15 is 0 Å². The van der Waals surface area contributed by atoms with Crippen LogP contribution in [0.4, 0.5) is 27.6 Å². The van der Waals surface area contributed by atoms with Gasteiger partial charge in [-0.2, -0.15) is 13.2 Å². The second-order valence-electron chi connectivity index (χ2n) is 5.31. The molecule has 1 heterocycles. The summed E-state index contributed by atoms with van der Waals surface area (Å²) >= 11 is 0. The average molecular weight is 342 g/mol. The van der Waals surface area contributed by atoms with Crippen LogP contribution >= 0.6 is 0 Å². The number of nitrogens with one attached hydrogen (secondary N) is 1. The summed E-state index contributed by atoms with van der Waals surface area (Å²) in [6.07, 6.45) is -5.90. The number of benzene rings is 2. The lowest BCUT2D eigenvalue weighted by molar-refractivity contribution is -0.144. The molecule has 8 heteroatoms. The van der Waals surface area contributed by atoms with Crippen LogP contribution in [-0.4, -0.2) is 23.5 Å². The highest BCUT2D eigenvalue weighted by Gasteiger charge is 2.40. The number of rotatable bonds is 2. The van der Waals surface area contributed by atoms with E-state index in [1.807, 2.05) is 0 Å². The minimum Gasteiger partial charge on any atom is -0.361 e. The van der Waals surface area contributed by atoms with Gasteiger partial charge in [-0.15, -0.1) is 0 Å². The third-order valence-electron chi connectivity index (χ3n) is 3.63. The second-order valence-corrected chi connectivity index (χ2v) is 5.31. The molecule has 1 atom stereocenters. The summed E-state index contributed by atoms with van der Waals surface area (Å²) < 4.78 is 65.2. The van der Waals surface area contributed by atoms with Crippen LogP contribution in [0.1, 0.15) is 22.1 Å². The van der Waals surface area contributed by atoms with E-state index in [0.717, 1.165) is 18.2 Å². The van der Waals surface area contributed by atoms with Crippen molar-refractivity contribution < 1.29 is 26.7 Å². The van der Waals surface area contributed by atoms with Gasteiger partial charge >= 0.3 is 6.18 Å². The predicted octanol–water partition coefficient (Wildman–Crippen LogP) is 4.09. The number of fused-ring (bicyclic) bond motifs is 1. The molecule has 0 saturated carbocycles. The van der Waals surface area contributed by atoms with Gasteiger partial charge in [-0.1, -0.05) is 18.2 Å². The lowest BCUT2D eigenvalue weighted by Gasteiger charge is -2.38. The van der Waals surface area contributed by atoms with E-state index in [0.29, 0.717) is 10.6 Å². The summed E-state index contributed by atoms with van der Waals surface area (Å²) in [6, 6.07) is 8.80. The van der Waals surface area contributed by atoms with E-state index in [9.17, 15) is 26.7 Å². The maximum atomic E-state index is 13.5. The number of amides is 1. The first-order chi connectivity index (χ1) is 11.3. The SMILES string of the molecule is O=C1c2ccccc2N[C@H](c2ccc(F)c(F)c2)N1CC(F)(F)F. The topological polar surface area (TPSA) is 32.3 Å². The van der Waals surface area contributed by atoms with E-state index in [2.05, 4.69) is 5.32 Å². The Morgan fingerprint density at radius 2 is 1.75 bits per heavy atom. The van der Waals surface area contributed by atoms with Crippen molar-refractivity contribution in [1.29, 1.82) is 0 Å². The molecule has 0 aliphatic carbocycles. The molecule has 126 valence electrons. The summed E-state index contributed by atoms with van der Waals surface area (Å²) in [6.45, 7) is -1.52. The molecule has 2 aromatic carbocycles. The Bertz CT molecular complexity index is 790. The molecule has 0 spiro atoms. The van der Waals surface area contributed by atoms with E-state index in [1.54, 1.807) is 6.07 Å². The van der Waals surface area contributed by atoms with Crippen LogP contribution in [0.25, 0.3) is 0 Å². The molecule has 0 radical (unpaired) electrons. The highest BCUT2D eigenvalue weighted by atomic mass is 19.4. The number of para-hydroxylation sites is 1. The number of carbonyl (C=O) groups is 1. The van der Waals surface area contributed by atoms with Crippen LogP contribution in [-0.2, 0) is 0 Å². The largest absolute Gasteiger partial charge is 0.406 e. The second kappa shape index (κ2) is 5.77. The van der Waals surface area contributed by atoms with Crippen molar-refractivity contribution in [2.45, 2.75) is 12.3 Å². The highest BCUT2D eigenvalue weighted by molar-refractivity contribution is 6.01. The Morgan fingerprint density at radius 3 is 2.42 bits per heavy atom. The van der Waals surface area contributed by atoms with Crippen molar-refractivity contribution in [3.8, 4) is 0 Å². The lowest BCUT2D eigenvalue weighted by Crippen LogP contribution is -2.47. The van der Waals surface area contributed by atoms with Gasteiger partial charge in [-0.05, 0) is 29.8 Å². The molecular weight excluding hydrogens is 331 g/mol. The number of alkyl halides is 3. The first-order valence-electron chi connectivity index (χ1n) is 6.94. The fourth-order valence-corrected chi connectivity index (χ4v) is 2.59. The minimum absolute atomic E-state index is 0.0148. The van der Waals surface area contributed by atoms with Gasteiger partial charge < -0.3 is 10.2 Å². The molecule has 24 heavy (non-hydrogen) atoms. The van der Waals surface area contributed by atoms with Crippen LogP contribution in [0.15, 0.2) is 42.5 Å². The molecule has 3 nitrogen and oxygen atoms in total. The Balaban J connectivity index is 2.07. The van der Waals surface area contributed by atoms with Crippen LogP contribution in [0, 0.1) is 11.6 Å². The van der Waals surface area contributed by atoms with E-state index in [-0.39, 0.29) is 11.1 Å². The maximum absolute atomic E-state index is 13.5. The summed E-state index contributed by atoms with van der Waals surface area (Å²) in [5, 5.41) is 2.78. The number of carbonyl (C=O) groups excluding carboxylic acids is 1. The van der Waals surface area contributed by atoms with E-state index in [4.69, 9.17) is 0 Å². The fraction of sp³-hybridized carbons (Fsp3) is 0.188. The van der Waals surface area contributed by atoms with Crippen LogP contribution in [0.2, 0.25) is 0 Å². The monoisotopic (exact) mass is 342 g/mol. The summed E-state index contributed by atoms with van der Waals surface area (Å²) in [5.74, 6) is -3.16. The fourth-order valence-electron chi connectivity index (χ4n) is 2.59. The molecule has 1 aliphatic heterocycles. The number of hydrogen-bond donors (Lipinski definition) is 1. The predicted molar refractivity (Wildman–Crippen MR) is 76.3 cm³/mol. The van der Waals surface area contributed by atoms with Gasteiger partial charge in [0.1, 0.15) is 12.7 Å². The number of anilines is 1. The quantitative estimate of drug-likeness (QED) is 0.834. The first kappa shape index (κ1) is 16.2. The van der Waals surface area contributed by atoms with E-state index in [1.165, 1.54) is 18.2 Å². The molecule has 0 unspecified atom stereocenters. The zero-order valence-electron chi connectivity index (χ0n) is 12.1. The molecule has 1 N–H and O–H groups in total. The minimum atomic E-state index is -4.64. The smallest absolute Gasteiger partial charge is 0.361 e. The molecule has 1 amide bonds. The Labute approximate surface area is 133 Å². The average Bonchev–Trinajstić information content (AvgIpc) is 2.52. The molecular formula is C16H11F5N2O. The highest BCUT2D eigenvalue weighted by Crippen LogP contribution is 2.35. The summed E-state index contributed by atoms with van der Waals surface area (Å²) in [7, 11) is 0. The number of halogens is 5. The standard InChI is InChI=1S/C16H11F5N2O/c17-11-6-5-9(7-12(11)18)14-22-13-4-2-1-3-10(13)15(24)23(14)8-16(19,20)21/h1-7,14,22H,8H2/t14-/m0/s1. The molecule has 0 fully saturated rings. The summed E-state index contributed by atoms with van der Waals surface area (Å²) in [5.41, 5.74) is 0.428. The number of nitrogens with zero attached hydrogens (tertiary/aromatic N) is 1. The molecule has 0 saturated heterocycles. The van der Waals surface area contributed by atoms with Crippen molar-refractivity contribution in [2.75, 3.05) is 11.9 Å². The van der Waals surface area contributed by atoms with Crippen molar-refractivity contribution in [3.63, 3.8) is 0 Å². The Kier molecular flexibility index (Phi) is 3.90. The normalized spacial score (nSPS) is 17.5. The first-order valence-corrected chi connectivity index (χ1v) is 6.94. The van der Waals surface area contributed by atoms with Crippen molar-refractivity contribution in [1.82, 2.24) is 4.90 Å². The van der Waals surface area contributed by atoms with Crippen molar-refractivity contribution in [2.24, 2.45) is 0 Å². The zero-order valence-corrected chi connectivity index (χ0v) is 12.1. The van der Waals surface area contributed by atoms with Gasteiger partial charge in [-0.25, -0.2) is 8.78 Å². The van der Waals surface area contributed by atoms with Crippen LogP contribution < -0.4 is 5.32 Å². The third-order valence-corrected chi connectivity index (χ3v) is 3.63. The molecule has 0 aromatic heterocycles. The lowest BCUT2D eigenvalue weighted by atomic mass is 10.0. The molecule has 3 rings (SSSR count). The molecule has 1 aliphatic rings. The van der Waals surface area contributed by atoms with Crippen molar-refractivity contribution >= 4 is 11.6 Å². The van der Waals surface area contributed by atoms with Gasteiger partial charge in [0.05, 0.1) is 5.56 Å². The van der Waals surface area contributed by atoms with Gasteiger partial charge in [0.25, 0.3) is 5.91 Å². The zero-order chi connectivity index (χ0) is 17.5. The van der Waals surface area contributed by atoms with Gasteiger partial charge in [0.2, 0.25) is 0 Å². The molecule has 2 aromatic rings. The summed E-state index contributed by atoms with van der Waals surface area (Å²) in [4.78, 5) is 13.0. The third kappa shape index (κ3) is 3.04. The maximum Gasteiger partial charge on any atom is 0.406 e. The Morgan fingerprint density at radius 1 is 1.04 bits per heavy atom. The van der Waals surface area contributed by atoms with Gasteiger partial charge in [0.15, 0.2) is 11.6 Å². The Hall–Kier alpha value is -2.64. The van der Waals surface area contributed by atoms with Crippen LogP contribution in [0.3, 0.4) is 0 Å². The van der Waals surface area contributed by atoms with E-state index < -0.39 is 36.4 Å². The van der Waals surface area contributed by atoms with Gasteiger partial charge in [-0.3, -0.25) is 4.79 Å².